The quantitative estimate of drug-likeness (QED) is 0.327. The first-order valence-electron chi connectivity index (χ1n) is 11.5. The highest BCUT2D eigenvalue weighted by Gasteiger charge is 2.17. The molecule has 34 heavy (non-hydrogen) atoms. The van der Waals surface area contributed by atoms with Gasteiger partial charge >= 0.3 is 0 Å². The van der Waals surface area contributed by atoms with Gasteiger partial charge < -0.3 is 20.0 Å². The lowest BCUT2D eigenvalue weighted by Gasteiger charge is -2.16. The molecule has 0 spiro atoms. The van der Waals surface area contributed by atoms with Crippen molar-refractivity contribution in [3.05, 3.63) is 70.9 Å². The molecule has 6 rings (SSSR count). The first-order valence-corrected chi connectivity index (χ1v) is 12.4. The summed E-state index contributed by atoms with van der Waals surface area (Å²) >= 11 is 1.53. The largest absolute Gasteiger partial charge is 0.380 e. The number of nitrogens with one attached hydrogen (secondary N) is 3. The molecule has 5 aromatic rings. The SMILES string of the molecule is O=C(Nc1cc(-c2cccc3[nH]ccc23)cc2[nH]ccc12)c1csc(CN2CCCOCC2)n1. The van der Waals surface area contributed by atoms with Crippen molar-refractivity contribution >= 4 is 44.7 Å². The first-order chi connectivity index (χ1) is 16.7. The summed E-state index contributed by atoms with van der Waals surface area (Å²) in [6.45, 7) is 4.20. The number of hydrogen-bond acceptors (Lipinski definition) is 5. The lowest BCUT2D eigenvalue weighted by Crippen LogP contribution is -2.25. The molecule has 1 amide bonds. The zero-order valence-electron chi connectivity index (χ0n) is 18.6. The number of hydrogen-bond donors (Lipinski definition) is 3. The van der Waals surface area contributed by atoms with E-state index >= 15 is 0 Å². The average molecular weight is 472 g/mol. The van der Waals surface area contributed by atoms with Gasteiger partial charge in [0.1, 0.15) is 10.7 Å². The highest BCUT2D eigenvalue weighted by molar-refractivity contribution is 7.09. The van der Waals surface area contributed by atoms with Gasteiger partial charge in [-0.1, -0.05) is 12.1 Å². The van der Waals surface area contributed by atoms with Crippen molar-refractivity contribution < 1.29 is 9.53 Å². The van der Waals surface area contributed by atoms with E-state index < -0.39 is 0 Å². The Kier molecular flexibility index (Phi) is 5.62. The van der Waals surface area contributed by atoms with E-state index in [2.05, 4.69) is 49.4 Å². The molecule has 4 heterocycles. The zero-order chi connectivity index (χ0) is 22.9. The molecule has 0 saturated carbocycles. The molecule has 1 saturated heterocycles. The molecular weight excluding hydrogens is 446 g/mol. The zero-order valence-corrected chi connectivity index (χ0v) is 19.5. The number of anilines is 1. The van der Waals surface area contributed by atoms with E-state index in [-0.39, 0.29) is 5.91 Å². The number of ether oxygens (including phenoxy) is 1. The van der Waals surface area contributed by atoms with Crippen LogP contribution < -0.4 is 5.32 Å². The molecule has 1 aliphatic heterocycles. The van der Waals surface area contributed by atoms with E-state index in [1.165, 1.54) is 11.3 Å². The van der Waals surface area contributed by atoms with Crippen LogP contribution in [0.1, 0.15) is 21.9 Å². The minimum atomic E-state index is -0.193. The Balaban J connectivity index is 1.27. The fourth-order valence-electron chi connectivity index (χ4n) is 4.58. The molecule has 0 atom stereocenters. The highest BCUT2D eigenvalue weighted by atomic mass is 32.1. The molecule has 0 radical (unpaired) electrons. The monoisotopic (exact) mass is 471 g/mol. The third-order valence-corrected chi connectivity index (χ3v) is 7.11. The van der Waals surface area contributed by atoms with Crippen molar-refractivity contribution in [1.82, 2.24) is 19.9 Å². The molecule has 8 heteroatoms. The Hall–Kier alpha value is -3.46. The summed E-state index contributed by atoms with van der Waals surface area (Å²) in [4.78, 5) is 26.7. The van der Waals surface area contributed by atoms with Crippen LogP contribution in [0.2, 0.25) is 0 Å². The predicted molar refractivity (Wildman–Crippen MR) is 136 cm³/mol. The van der Waals surface area contributed by atoms with E-state index in [4.69, 9.17) is 4.74 Å². The van der Waals surface area contributed by atoms with Gasteiger partial charge in [0, 0.05) is 59.3 Å². The van der Waals surface area contributed by atoms with Crippen LogP contribution >= 0.6 is 11.3 Å². The maximum atomic E-state index is 13.1. The lowest BCUT2D eigenvalue weighted by molar-refractivity contribution is 0.102. The second-order valence-electron chi connectivity index (χ2n) is 8.53. The second kappa shape index (κ2) is 9.06. The van der Waals surface area contributed by atoms with Gasteiger partial charge in [-0.15, -0.1) is 11.3 Å². The number of H-pyrrole nitrogens is 2. The Morgan fingerprint density at radius 3 is 2.88 bits per heavy atom. The van der Waals surface area contributed by atoms with Crippen LogP contribution in [0.4, 0.5) is 5.69 Å². The Morgan fingerprint density at radius 1 is 1.06 bits per heavy atom. The summed E-state index contributed by atoms with van der Waals surface area (Å²) in [5, 5.41) is 8.02. The number of amides is 1. The van der Waals surface area contributed by atoms with E-state index in [1.54, 1.807) is 0 Å². The summed E-state index contributed by atoms with van der Waals surface area (Å²) in [5.41, 5.74) is 5.43. The van der Waals surface area contributed by atoms with Crippen LogP contribution in [-0.4, -0.2) is 52.1 Å². The third kappa shape index (κ3) is 4.11. The van der Waals surface area contributed by atoms with Crippen molar-refractivity contribution in [2.45, 2.75) is 13.0 Å². The minimum Gasteiger partial charge on any atom is -0.380 e. The van der Waals surface area contributed by atoms with Gasteiger partial charge in [0.2, 0.25) is 0 Å². The predicted octanol–water partition coefficient (Wildman–Crippen LogP) is 5.25. The van der Waals surface area contributed by atoms with Gasteiger partial charge in [0.25, 0.3) is 5.91 Å². The third-order valence-electron chi connectivity index (χ3n) is 6.28. The number of benzene rings is 2. The lowest BCUT2D eigenvalue weighted by atomic mass is 9.99. The first kappa shape index (κ1) is 21.1. The molecule has 7 nitrogen and oxygen atoms in total. The van der Waals surface area contributed by atoms with E-state index in [1.807, 2.05) is 36.0 Å². The van der Waals surface area contributed by atoms with Crippen LogP contribution in [0.25, 0.3) is 32.9 Å². The standard InChI is InChI=1S/C26H25N5O2S/c32-26(24-16-34-25(29-24)15-31-9-2-11-33-12-10-31)30-23-14-17(13-22-20(23)6-8-28-22)18-3-1-4-21-19(18)5-7-27-21/h1,3-8,13-14,16,27-28H,2,9-12,15H2,(H,30,32). The van der Waals surface area contributed by atoms with Gasteiger partial charge in [-0.2, -0.15) is 0 Å². The summed E-state index contributed by atoms with van der Waals surface area (Å²) in [5.74, 6) is -0.193. The van der Waals surface area contributed by atoms with Crippen molar-refractivity contribution in [3.63, 3.8) is 0 Å². The van der Waals surface area contributed by atoms with Gasteiger partial charge in [0.05, 0.1) is 18.8 Å². The molecule has 1 aliphatic rings. The summed E-state index contributed by atoms with van der Waals surface area (Å²) < 4.78 is 5.53. The van der Waals surface area contributed by atoms with Crippen LogP contribution in [0, 0.1) is 0 Å². The number of aromatic amines is 2. The minimum absolute atomic E-state index is 0.193. The second-order valence-corrected chi connectivity index (χ2v) is 9.47. The number of fused-ring (bicyclic) bond motifs is 2. The van der Waals surface area contributed by atoms with Crippen molar-refractivity contribution in [2.75, 3.05) is 31.6 Å². The fraction of sp³-hybridized carbons (Fsp3) is 0.231. The molecule has 3 aromatic heterocycles. The van der Waals surface area contributed by atoms with E-state index in [0.29, 0.717) is 5.69 Å². The average Bonchev–Trinajstić information content (AvgIpc) is 3.58. The summed E-state index contributed by atoms with van der Waals surface area (Å²) in [6.07, 6.45) is 4.87. The number of carbonyl (C=O) groups excluding carboxylic acids is 1. The number of aromatic nitrogens is 3. The molecule has 0 aliphatic carbocycles. The van der Waals surface area contributed by atoms with Gasteiger partial charge in [-0.25, -0.2) is 4.98 Å². The van der Waals surface area contributed by atoms with Gasteiger partial charge in [0.15, 0.2) is 0 Å². The normalized spacial score (nSPS) is 15.1. The summed E-state index contributed by atoms with van der Waals surface area (Å²) in [7, 11) is 0. The molecule has 3 N–H and O–H groups in total. The van der Waals surface area contributed by atoms with Crippen molar-refractivity contribution in [1.29, 1.82) is 0 Å². The smallest absolute Gasteiger partial charge is 0.275 e. The number of carbonyl (C=O) groups is 1. The number of thiazole rings is 1. The molecule has 2 aromatic carbocycles. The molecule has 0 bridgehead atoms. The maximum absolute atomic E-state index is 13.1. The van der Waals surface area contributed by atoms with Crippen molar-refractivity contribution in [3.8, 4) is 11.1 Å². The summed E-state index contributed by atoms with van der Waals surface area (Å²) in [6, 6.07) is 14.4. The number of rotatable bonds is 5. The van der Waals surface area contributed by atoms with Crippen LogP contribution in [0.5, 0.6) is 0 Å². The highest BCUT2D eigenvalue weighted by Crippen LogP contribution is 2.34. The Morgan fingerprint density at radius 2 is 1.94 bits per heavy atom. The van der Waals surface area contributed by atoms with E-state index in [0.717, 1.165) is 82.9 Å². The topological polar surface area (TPSA) is 86.0 Å². The van der Waals surface area contributed by atoms with E-state index in [9.17, 15) is 4.79 Å². The van der Waals surface area contributed by atoms with Crippen LogP contribution in [0.15, 0.2) is 60.2 Å². The van der Waals surface area contributed by atoms with Gasteiger partial charge in [-0.05, 0) is 47.9 Å². The van der Waals surface area contributed by atoms with Crippen LogP contribution in [0.3, 0.4) is 0 Å². The Labute approximate surface area is 200 Å². The van der Waals surface area contributed by atoms with Gasteiger partial charge in [-0.3, -0.25) is 9.69 Å². The molecular formula is C26H25N5O2S. The molecule has 172 valence electrons. The molecule has 0 unspecified atom stereocenters. The number of nitrogens with zero attached hydrogens (tertiary/aromatic N) is 2. The maximum Gasteiger partial charge on any atom is 0.275 e. The van der Waals surface area contributed by atoms with Crippen molar-refractivity contribution in [2.24, 2.45) is 0 Å². The Bertz CT molecular complexity index is 1460. The van der Waals surface area contributed by atoms with Crippen LogP contribution in [-0.2, 0) is 11.3 Å². The fourth-order valence-corrected chi connectivity index (χ4v) is 5.40. The molecule has 1 fully saturated rings.